The Bertz CT molecular complexity index is 468. The molecule has 0 bridgehead atoms. The predicted octanol–water partition coefficient (Wildman–Crippen LogP) is -0.610. The molecular weight excluding hydrogens is 352 g/mol. The molecule has 1 aliphatic rings. The summed E-state index contributed by atoms with van der Waals surface area (Å²) in [6.07, 6.45) is -0.464. The van der Waals surface area contributed by atoms with Crippen LogP contribution in [0.5, 0.6) is 0 Å². The Morgan fingerprint density at radius 2 is 1.46 bits per heavy atom. The molecule has 26 heavy (non-hydrogen) atoms. The maximum atomic E-state index is 11.5. The van der Waals surface area contributed by atoms with Crippen LogP contribution in [-0.4, -0.2) is 82.2 Å². The molecule has 1 N–H and O–H groups in total. The topological polar surface area (TPSA) is 130 Å². The second kappa shape index (κ2) is 13.0. The molecule has 0 atom stereocenters. The van der Waals surface area contributed by atoms with Crippen LogP contribution in [0.3, 0.4) is 0 Å². The summed E-state index contributed by atoms with van der Waals surface area (Å²) in [5.74, 6) is -1.73. The van der Waals surface area contributed by atoms with E-state index in [9.17, 15) is 19.2 Å². The van der Waals surface area contributed by atoms with E-state index in [0.29, 0.717) is 38.0 Å². The Kier molecular flexibility index (Phi) is 10.9. The molecule has 0 saturated carbocycles. The van der Waals surface area contributed by atoms with Crippen LogP contribution in [-0.2, 0) is 38.2 Å². The van der Waals surface area contributed by atoms with Crippen molar-refractivity contribution in [2.75, 3.05) is 53.3 Å². The van der Waals surface area contributed by atoms with Gasteiger partial charge in [-0.15, -0.1) is 5.06 Å². The highest BCUT2D eigenvalue weighted by Gasteiger charge is 2.32. The highest BCUT2D eigenvalue weighted by molar-refractivity contribution is 6.01. The van der Waals surface area contributed by atoms with Crippen LogP contribution in [0.2, 0.25) is 0 Å². The lowest BCUT2D eigenvalue weighted by atomic mass is 10.4. The normalized spacial score (nSPS) is 13.8. The van der Waals surface area contributed by atoms with Crippen molar-refractivity contribution in [3.05, 3.63) is 0 Å². The van der Waals surface area contributed by atoms with Gasteiger partial charge in [-0.05, 0) is 0 Å². The van der Waals surface area contributed by atoms with Gasteiger partial charge in [-0.3, -0.25) is 9.59 Å². The largest absolute Gasteiger partial charge is 0.453 e. The summed E-state index contributed by atoms with van der Waals surface area (Å²) < 4.78 is 20.0. The minimum Gasteiger partial charge on any atom is -0.453 e. The smallest absolute Gasteiger partial charge is 0.406 e. The quantitative estimate of drug-likeness (QED) is 0.330. The van der Waals surface area contributed by atoms with Crippen molar-refractivity contribution in [1.29, 1.82) is 0 Å². The maximum Gasteiger partial charge on any atom is 0.406 e. The molecule has 0 aromatic rings. The van der Waals surface area contributed by atoms with Gasteiger partial charge in [0.2, 0.25) is 0 Å². The zero-order chi connectivity index (χ0) is 19.2. The minimum atomic E-state index is -0.705. The highest BCUT2D eigenvalue weighted by Crippen LogP contribution is 2.12. The fraction of sp³-hybridized carbons (Fsp3) is 0.733. The number of alkyl carbamates (subject to hydrolysis) is 1. The summed E-state index contributed by atoms with van der Waals surface area (Å²) in [5.41, 5.74) is 0. The summed E-state index contributed by atoms with van der Waals surface area (Å²) in [7, 11) is 1.28. The van der Waals surface area contributed by atoms with Gasteiger partial charge in [0, 0.05) is 19.4 Å². The first-order valence-electron chi connectivity index (χ1n) is 8.16. The number of hydrogen-bond donors (Lipinski definition) is 1. The van der Waals surface area contributed by atoms with Gasteiger partial charge in [-0.1, -0.05) is 0 Å². The Hall–Kier alpha value is -2.24. The van der Waals surface area contributed by atoms with E-state index in [0.717, 1.165) is 0 Å². The van der Waals surface area contributed by atoms with Crippen molar-refractivity contribution in [1.82, 2.24) is 10.4 Å². The minimum absolute atomic E-state index is 0.0610. The Morgan fingerprint density at radius 1 is 0.923 bits per heavy atom. The number of methoxy groups -OCH3 is 1. The SMILES string of the molecule is COC(=O)NCCOCCOCCOCCC(=O)ON1C(=O)CCC1=O. The average molecular weight is 376 g/mol. The second-order valence-electron chi connectivity index (χ2n) is 5.05. The fourth-order valence-corrected chi connectivity index (χ4v) is 1.80. The standard InChI is InChI=1S/C15H24N2O9/c1-22-15(21)16-5-7-24-9-11-25-10-8-23-6-4-14(20)26-17-12(18)2-3-13(17)19/h2-11H2,1H3,(H,16,21). The van der Waals surface area contributed by atoms with Gasteiger partial charge < -0.3 is 29.1 Å². The molecule has 0 radical (unpaired) electrons. The zero-order valence-corrected chi connectivity index (χ0v) is 14.7. The van der Waals surface area contributed by atoms with E-state index >= 15 is 0 Å². The van der Waals surface area contributed by atoms with Gasteiger partial charge in [0.1, 0.15) is 0 Å². The molecule has 1 heterocycles. The average Bonchev–Trinajstić information content (AvgIpc) is 2.94. The molecule has 11 nitrogen and oxygen atoms in total. The van der Waals surface area contributed by atoms with Gasteiger partial charge in [-0.25, -0.2) is 9.59 Å². The van der Waals surface area contributed by atoms with Crippen molar-refractivity contribution >= 4 is 23.9 Å². The van der Waals surface area contributed by atoms with Crippen LogP contribution in [0.4, 0.5) is 4.79 Å². The molecule has 148 valence electrons. The van der Waals surface area contributed by atoms with E-state index in [4.69, 9.17) is 14.2 Å². The third kappa shape index (κ3) is 9.30. The van der Waals surface area contributed by atoms with Crippen LogP contribution in [0.25, 0.3) is 0 Å². The monoisotopic (exact) mass is 376 g/mol. The van der Waals surface area contributed by atoms with E-state index in [1.54, 1.807) is 0 Å². The predicted molar refractivity (Wildman–Crippen MR) is 84.7 cm³/mol. The number of hydroxylamine groups is 2. The van der Waals surface area contributed by atoms with E-state index in [1.807, 2.05) is 0 Å². The lowest BCUT2D eigenvalue weighted by Gasteiger charge is -2.12. The van der Waals surface area contributed by atoms with Gasteiger partial charge in [-0.2, -0.15) is 0 Å². The maximum absolute atomic E-state index is 11.5. The third-order valence-electron chi connectivity index (χ3n) is 3.09. The molecule has 0 aliphatic carbocycles. The lowest BCUT2D eigenvalue weighted by Crippen LogP contribution is -2.32. The number of ether oxygens (including phenoxy) is 4. The second-order valence-corrected chi connectivity index (χ2v) is 5.05. The zero-order valence-electron chi connectivity index (χ0n) is 14.7. The molecule has 0 aromatic carbocycles. The molecule has 11 heteroatoms. The van der Waals surface area contributed by atoms with Crippen molar-refractivity contribution in [2.45, 2.75) is 19.3 Å². The number of amides is 3. The molecular formula is C15H24N2O9. The summed E-state index contributed by atoms with van der Waals surface area (Å²) in [4.78, 5) is 49.4. The summed E-state index contributed by atoms with van der Waals surface area (Å²) in [5, 5.41) is 2.98. The number of rotatable bonds is 13. The molecule has 0 aromatic heterocycles. The lowest BCUT2D eigenvalue weighted by molar-refractivity contribution is -0.198. The summed E-state index contributed by atoms with van der Waals surface area (Å²) >= 11 is 0. The van der Waals surface area contributed by atoms with E-state index < -0.39 is 23.9 Å². The Labute approximate surface area is 150 Å². The fourth-order valence-electron chi connectivity index (χ4n) is 1.80. The molecule has 0 spiro atoms. The number of nitrogens with zero attached hydrogens (tertiary/aromatic N) is 1. The van der Waals surface area contributed by atoms with E-state index in [2.05, 4.69) is 14.9 Å². The molecule has 0 unspecified atom stereocenters. The molecule has 3 amide bonds. The number of hydrogen-bond acceptors (Lipinski definition) is 9. The summed E-state index contributed by atoms with van der Waals surface area (Å²) in [6.45, 7) is 2.12. The Morgan fingerprint density at radius 3 is 2.04 bits per heavy atom. The molecule has 1 saturated heterocycles. The van der Waals surface area contributed by atoms with Crippen molar-refractivity contribution in [2.24, 2.45) is 0 Å². The highest BCUT2D eigenvalue weighted by atomic mass is 16.7. The van der Waals surface area contributed by atoms with Crippen LogP contribution < -0.4 is 5.32 Å². The van der Waals surface area contributed by atoms with E-state index in [-0.39, 0.29) is 32.5 Å². The summed E-state index contributed by atoms with van der Waals surface area (Å²) in [6, 6.07) is 0. The first kappa shape index (κ1) is 21.8. The van der Waals surface area contributed by atoms with E-state index in [1.165, 1.54) is 7.11 Å². The van der Waals surface area contributed by atoms with Gasteiger partial charge in [0.25, 0.3) is 11.8 Å². The van der Waals surface area contributed by atoms with Gasteiger partial charge in [0.15, 0.2) is 0 Å². The molecule has 1 aliphatic heterocycles. The van der Waals surface area contributed by atoms with Crippen molar-refractivity contribution in [3.8, 4) is 0 Å². The van der Waals surface area contributed by atoms with Crippen LogP contribution in [0, 0.1) is 0 Å². The number of carbonyl (C=O) groups excluding carboxylic acids is 4. The number of nitrogens with one attached hydrogen (secondary N) is 1. The van der Waals surface area contributed by atoms with Crippen molar-refractivity contribution < 1.29 is 43.0 Å². The molecule has 1 rings (SSSR count). The Balaban J connectivity index is 1.86. The van der Waals surface area contributed by atoms with Crippen molar-refractivity contribution in [3.63, 3.8) is 0 Å². The molecule has 1 fully saturated rings. The van der Waals surface area contributed by atoms with Crippen LogP contribution >= 0.6 is 0 Å². The number of carbonyl (C=O) groups is 4. The first-order valence-corrected chi connectivity index (χ1v) is 8.16. The van der Waals surface area contributed by atoms with Gasteiger partial charge >= 0.3 is 12.1 Å². The first-order chi connectivity index (χ1) is 12.5. The third-order valence-corrected chi connectivity index (χ3v) is 3.09. The number of imide groups is 1. The van der Waals surface area contributed by atoms with Crippen LogP contribution in [0.1, 0.15) is 19.3 Å². The van der Waals surface area contributed by atoms with Crippen LogP contribution in [0.15, 0.2) is 0 Å². The van der Waals surface area contributed by atoms with Gasteiger partial charge in [0.05, 0.1) is 53.2 Å².